The Morgan fingerprint density at radius 1 is 1.23 bits per heavy atom. The molecular weight excluding hydrogens is 504 g/mol. The van der Waals surface area contributed by atoms with Crippen LogP contribution in [0, 0.1) is 17.8 Å². The lowest BCUT2D eigenvalue weighted by Crippen LogP contribution is -2.42. The Bertz CT molecular complexity index is 912. The highest BCUT2D eigenvalue weighted by molar-refractivity contribution is 5.70. The van der Waals surface area contributed by atoms with Crippen LogP contribution in [0.15, 0.2) is 23.8 Å². The molecule has 0 bridgehead atoms. The lowest BCUT2D eigenvalue weighted by Gasteiger charge is -2.32. The van der Waals surface area contributed by atoms with Crippen LogP contribution in [0.4, 0.5) is 0 Å². The molecule has 0 aliphatic carbocycles. The van der Waals surface area contributed by atoms with Crippen LogP contribution >= 0.6 is 0 Å². The molecule has 0 saturated carbocycles. The number of aliphatic hydroxyl groups is 3. The van der Waals surface area contributed by atoms with E-state index in [1.165, 1.54) is 6.92 Å². The number of cyclic esters (lactones) is 1. The van der Waals surface area contributed by atoms with Crippen LogP contribution in [0.5, 0.6) is 0 Å². The molecule has 0 aromatic rings. The highest BCUT2D eigenvalue weighted by Crippen LogP contribution is 2.41. The number of carbonyl (C=O) groups excluding carboxylic acids is 2. The van der Waals surface area contributed by atoms with Crippen molar-refractivity contribution in [2.24, 2.45) is 17.8 Å². The molecule has 3 heterocycles. The normalized spacial score (nSPS) is 40.8. The van der Waals surface area contributed by atoms with Gasteiger partial charge in [-0.3, -0.25) is 9.59 Å². The average Bonchev–Trinajstić information content (AvgIpc) is 3.78. The maximum absolute atomic E-state index is 12.7. The minimum Gasteiger partial charge on any atom is -0.457 e. The topological polar surface area (TPSA) is 138 Å². The van der Waals surface area contributed by atoms with Gasteiger partial charge in [-0.05, 0) is 57.1 Å². The molecule has 0 aromatic carbocycles. The van der Waals surface area contributed by atoms with Gasteiger partial charge in [0.05, 0.1) is 36.9 Å². The van der Waals surface area contributed by atoms with E-state index in [0.29, 0.717) is 6.42 Å². The highest BCUT2D eigenvalue weighted by Gasteiger charge is 2.49. The predicted molar refractivity (Wildman–Crippen MR) is 145 cm³/mol. The van der Waals surface area contributed by atoms with Gasteiger partial charge < -0.3 is 34.3 Å². The summed E-state index contributed by atoms with van der Waals surface area (Å²) in [6, 6.07) is 0. The molecule has 0 spiro atoms. The van der Waals surface area contributed by atoms with E-state index in [0.717, 1.165) is 12.0 Å². The monoisotopic (exact) mass is 552 g/mol. The van der Waals surface area contributed by atoms with E-state index in [1.54, 1.807) is 19.1 Å². The zero-order chi connectivity index (χ0) is 29.1. The maximum atomic E-state index is 12.7. The third-order valence-electron chi connectivity index (χ3n) is 8.38. The first-order valence-electron chi connectivity index (χ1n) is 14.4. The van der Waals surface area contributed by atoms with E-state index in [2.05, 4.69) is 6.92 Å². The summed E-state index contributed by atoms with van der Waals surface area (Å²) >= 11 is 0. The number of rotatable bonds is 9. The van der Waals surface area contributed by atoms with E-state index in [-0.39, 0.29) is 67.5 Å². The van der Waals surface area contributed by atoms with Gasteiger partial charge in [-0.1, -0.05) is 39.8 Å². The summed E-state index contributed by atoms with van der Waals surface area (Å²) in [6.07, 6.45) is 4.37. The number of aliphatic hydroxyl groups excluding tert-OH is 2. The van der Waals surface area contributed by atoms with E-state index >= 15 is 0 Å². The minimum absolute atomic E-state index is 0.0364. The molecule has 3 aliphatic rings. The van der Waals surface area contributed by atoms with Gasteiger partial charge in [0.1, 0.15) is 23.9 Å². The van der Waals surface area contributed by atoms with Gasteiger partial charge in [0.15, 0.2) is 0 Å². The Balaban J connectivity index is 1.68. The summed E-state index contributed by atoms with van der Waals surface area (Å²) in [5.41, 5.74) is -0.586. The molecule has 9 nitrogen and oxygen atoms in total. The maximum Gasteiger partial charge on any atom is 0.309 e. The molecule has 0 amide bonds. The standard InChI is InChI=1S/C30H48O9/c1-8-22(33)19(5)29-24(38-29)14-18(4)28-23(37-28)13-17(3)27-16(2)9-10-25(36-20(6)31)30(7,35)12-11-21(32)15-26(34)39-27/h9-10,13,16,18-19,21-25,27-29,32-33,35H,8,11-12,14-15H2,1-7H3/b10-9-,17-13+. The summed E-state index contributed by atoms with van der Waals surface area (Å²) in [4.78, 5) is 24.4. The second-order valence-corrected chi connectivity index (χ2v) is 12.1. The fraction of sp³-hybridized carbons (Fsp3) is 0.800. The largest absolute Gasteiger partial charge is 0.457 e. The molecule has 222 valence electrons. The Hall–Kier alpha value is -1.78. The molecule has 12 unspecified atom stereocenters. The molecule has 9 heteroatoms. The summed E-state index contributed by atoms with van der Waals surface area (Å²) in [5.74, 6) is -0.956. The van der Waals surface area contributed by atoms with Crippen molar-refractivity contribution < 1.29 is 43.9 Å². The fourth-order valence-corrected chi connectivity index (χ4v) is 5.61. The number of epoxide rings is 2. The van der Waals surface area contributed by atoms with Gasteiger partial charge in [-0.2, -0.15) is 0 Å². The first-order valence-corrected chi connectivity index (χ1v) is 14.4. The van der Waals surface area contributed by atoms with Crippen molar-refractivity contribution in [2.45, 2.75) is 135 Å². The van der Waals surface area contributed by atoms with Gasteiger partial charge in [0, 0.05) is 18.8 Å². The van der Waals surface area contributed by atoms with E-state index < -0.39 is 35.9 Å². The van der Waals surface area contributed by atoms with Crippen molar-refractivity contribution in [3.8, 4) is 0 Å². The summed E-state index contributed by atoms with van der Waals surface area (Å²) in [5, 5.41) is 31.5. The van der Waals surface area contributed by atoms with Gasteiger partial charge in [-0.25, -0.2) is 0 Å². The lowest BCUT2D eigenvalue weighted by atomic mass is 9.88. The lowest BCUT2D eigenvalue weighted by molar-refractivity contribution is -0.157. The number of hydrogen-bond donors (Lipinski definition) is 3. The van der Waals surface area contributed by atoms with Crippen molar-refractivity contribution in [3.05, 3.63) is 23.8 Å². The van der Waals surface area contributed by atoms with Crippen LogP contribution in [0.1, 0.15) is 80.6 Å². The van der Waals surface area contributed by atoms with E-state index in [9.17, 15) is 24.9 Å². The predicted octanol–water partition coefficient (Wildman–Crippen LogP) is 3.23. The van der Waals surface area contributed by atoms with Crippen molar-refractivity contribution in [3.63, 3.8) is 0 Å². The zero-order valence-corrected chi connectivity index (χ0v) is 24.4. The van der Waals surface area contributed by atoms with Crippen LogP contribution in [-0.4, -0.2) is 81.7 Å². The Morgan fingerprint density at radius 2 is 1.92 bits per heavy atom. The Labute approximate surface area is 232 Å². The molecule has 2 fully saturated rings. The Morgan fingerprint density at radius 3 is 2.56 bits per heavy atom. The van der Waals surface area contributed by atoms with Crippen LogP contribution in [0.2, 0.25) is 0 Å². The van der Waals surface area contributed by atoms with Crippen LogP contribution < -0.4 is 0 Å². The minimum atomic E-state index is -1.41. The molecule has 3 N–H and O–H groups in total. The zero-order valence-electron chi connectivity index (χ0n) is 24.4. The number of esters is 2. The van der Waals surface area contributed by atoms with Crippen molar-refractivity contribution in [2.75, 3.05) is 0 Å². The SMILES string of the molecule is CCC(O)C(C)C1OC1CC(C)C1OC1/C=C(\C)C1OC(=O)CC(O)CCC(C)(O)C(OC(C)=O)/C=C\C1C. The van der Waals surface area contributed by atoms with Gasteiger partial charge in [0.2, 0.25) is 0 Å². The summed E-state index contributed by atoms with van der Waals surface area (Å²) in [7, 11) is 0. The number of hydrogen-bond acceptors (Lipinski definition) is 9. The van der Waals surface area contributed by atoms with Crippen molar-refractivity contribution in [1.82, 2.24) is 0 Å². The van der Waals surface area contributed by atoms with Crippen molar-refractivity contribution >= 4 is 11.9 Å². The molecule has 3 rings (SSSR count). The average molecular weight is 553 g/mol. The highest BCUT2D eigenvalue weighted by atomic mass is 16.6. The van der Waals surface area contributed by atoms with E-state index in [1.807, 2.05) is 33.8 Å². The van der Waals surface area contributed by atoms with Crippen LogP contribution in [0.3, 0.4) is 0 Å². The fourth-order valence-electron chi connectivity index (χ4n) is 5.61. The first kappa shape index (κ1) is 31.7. The molecule has 0 radical (unpaired) electrons. The second kappa shape index (κ2) is 13.3. The third-order valence-corrected chi connectivity index (χ3v) is 8.38. The molecule has 39 heavy (non-hydrogen) atoms. The molecule has 3 aliphatic heterocycles. The van der Waals surface area contributed by atoms with Crippen LogP contribution in [0.25, 0.3) is 0 Å². The van der Waals surface area contributed by atoms with Gasteiger partial charge in [0.25, 0.3) is 0 Å². The van der Waals surface area contributed by atoms with Gasteiger partial charge >= 0.3 is 11.9 Å². The van der Waals surface area contributed by atoms with Gasteiger partial charge in [-0.15, -0.1) is 0 Å². The quantitative estimate of drug-likeness (QED) is 0.224. The smallest absolute Gasteiger partial charge is 0.309 e. The molecule has 0 aromatic heterocycles. The molecule has 2 saturated heterocycles. The number of carbonyl (C=O) groups is 2. The summed E-state index contributed by atoms with van der Waals surface area (Å²) < 4.78 is 23.0. The first-order chi connectivity index (χ1) is 18.2. The van der Waals surface area contributed by atoms with Crippen LogP contribution in [-0.2, 0) is 28.5 Å². The molecular formula is C30H48O9. The molecule has 12 atom stereocenters. The Kier molecular flexibility index (Phi) is 10.8. The summed E-state index contributed by atoms with van der Waals surface area (Å²) in [6.45, 7) is 12.8. The van der Waals surface area contributed by atoms with E-state index in [4.69, 9.17) is 18.9 Å². The number of ether oxygens (including phenoxy) is 4. The second-order valence-electron chi connectivity index (χ2n) is 12.1. The van der Waals surface area contributed by atoms with Crippen molar-refractivity contribution in [1.29, 1.82) is 0 Å². The third kappa shape index (κ3) is 8.85.